The minimum absolute atomic E-state index is 0.558. The van der Waals surface area contributed by atoms with E-state index in [2.05, 4.69) is 17.4 Å². The summed E-state index contributed by atoms with van der Waals surface area (Å²) in [6.45, 7) is 0.558. The molecule has 0 unspecified atom stereocenters. The minimum Gasteiger partial charge on any atom is -0.380 e. The number of benzene rings is 1. The van der Waals surface area contributed by atoms with Crippen LogP contribution in [0.25, 0.3) is 0 Å². The van der Waals surface area contributed by atoms with E-state index >= 15 is 0 Å². The first-order valence-electron chi connectivity index (χ1n) is 4.09. The Morgan fingerprint density at radius 3 is 3.00 bits per heavy atom. The number of halogens is 2. The van der Waals surface area contributed by atoms with Gasteiger partial charge in [0.25, 0.3) is 0 Å². The molecule has 0 bridgehead atoms. The summed E-state index contributed by atoms with van der Waals surface area (Å²) in [6.07, 6.45) is 2.05. The van der Waals surface area contributed by atoms with Gasteiger partial charge in [0.15, 0.2) is 0 Å². The van der Waals surface area contributed by atoms with Crippen molar-refractivity contribution in [3.8, 4) is 0 Å². The molecule has 0 radical (unpaired) electrons. The molecule has 1 nitrogen and oxygen atoms in total. The number of hydrogen-bond donors (Lipinski definition) is 1. The van der Waals surface area contributed by atoms with E-state index in [-0.39, 0.29) is 0 Å². The number of thioether (sulfide) groups is 1. The Kier molecular flexibility index (Phi) is 5.23. The van der Waals surface area contributed by atoms with Crippen molar-refractivity contribution in [2.75, 3.05) is 18.1 Å². The molecule has 0 heterocycles. The van der Waals surface area contributed by atoms with Crippen LogP contribution < -0.4 is 5.32 Å². The highest BCUT2D eigenvalue weighted by molar-refractivity contribution is 7.98. The Balaban J connectivity index is 2.58. The Labute approximate surface area is 98.5 Å². The van der Waals surface area contributed by atoms with Crippen LogP contribution >= 0.6 is 35.0 Å². The molecule has 0 aliphatic heterocycles. The van der Waals surface area contributed by atoms with Crippen LogP contribution in [0.1, 0.15) is 0 Å². The van der Waals surface area contributed by atoms with E-state index in [1.807, 2.05) is 18.4 Å². The van der Waals surface area contributed by atoms with Crippen molar-refractivity contribution >= 4 is 40.7 Å². The molecule has 0 spiro atoms. The highest BCUT2D eigenvalue weighted by Gasteiger charge is 1.95. The summed E-state index contributed by atoms with van der Waals surface area (Å²) in [5.74, 6) is 0. The van der Waals surface area contributed by atoms with E-state index in [1.165, 1.54) is 10.4 Å². The molecule has 0 aliphatic carbocycles. The summed E-state index contributed by atoms with van der Waals surface area (Å²) in [4.78, 5) is 1.22. The van der Waals surface area contributed by atoms with Gasteiger partial charge in [-0.2, -0.15) is 0 Å². The number of rotatable bonds is 4. The number of anilines is 1. The second-order valence-electron chi connectivity index (χ2n) is 2.64. The molecule has 1 rings (SSSR count). The normalized spacial score (nSPS) is 11.5. The van der Waals surface area contributed by atoms with Gasteiger partial charge in [-0.1, -0.05) is 29.3 Å². The fourth-order valence-corrected chi connectivity index (χ4v) is 1.56. The summed E-state index contributed by atoms with van der Waals surface area (Å²) >= 11 is 12.9. The summed E-state index contributed by atoms with van der Waals surface area (Å²) in [7, 11) is 0. The van der Waals surface area contributed by atoms with Crippen molar-refractivity contribution in [2.45, 2.75) is 4.90 Å². The summed E-state index contributed by atoms with van der Waals surface area (Å²) < 4.78 is 0. The lowest BCUT2D eigenvalue weighted by Crippen LogP contribution is -2.00. The second-order valence-corrected chi connectivity index (χ2v) is 4.22. The third kappa shape index (κ3) is 3.82. The zero-order valence-electron chi connectivity index (χ0n) is 7.76. The predicted octanol–water partition coefficient (Wildman–Crippen LogP) is 4.14. The molecule has 0 saturated carbocycles. The van der Waals surface area contributed by atoms with Gasteiger partial charge in [0.05, 0.1) is 6.54 Å². The van der Waals surface area contributed by atoms with E-state index in [9.17, 15) is 0 Å². The zero-order valence-corrected chi connectivity index (χ0v) is 10.1. The van der Waals surface area contributed by atoms with Gasteiger partial charge in [0.1, 0.15) is 0 Å². The molecular weight excluding hydrogens is 237 g/mol. The monoisotopic (exact) mass is 247 g/mol. The van der Waals surface area contributed by atoms with Crippen molar-refractivity contribution in [1.29, 1.82) is 0 Å². The first kappa shape index (κ1) is 11.8. The maximum atomic E-state index is 5.75. The SMILES string of the molecule is CSc1cccc(NCC(Cl)=CCl)c1. The van der Waals surface area contributed by atoms with Gasteiger partial charge >= 0.3 is 0 Å². The molecular formula is C10H11Cl2NS. The van der Waals surface area contributed by atoms with E-state index in [1.54, 1.807) is 11.8 Å². The maximum absolute atomic E-state index is 5.75. The van der Waals surface area contributed by atoms with Crippen molar-refractivity contribution in [1.82, 2.24) is 0 Å². The standard InChI is InChI=1S/C10H11Cl2NS/c1-14-10-4-2-3-9(5-10)13-7-8(12)6-11/h2-6,13H,7H2,1H3. The first-order valence-corrected chi connectivity index (χ1v) is 6.13. The summed E-state index contributed by atoms with van der Waals surface area (Å²) in [5.41, 5.74) is 2.42. The van der Waals surface area contributed by atoms with E-state index < -0.39 is 0 Å². The van der Waals surface area contributed by atoms with Crippen LogP contribution in [0.2, 0.25) is 0 Å². The molecule has 1 aromatic rings. The van der Waals surface area contributed by atoms with Crippen LogP contribution in [-0.2, 0) is 0 Å². The second kappa shape index (κ2) is 6.23. The third-order valence-corrected chi connectivity index (χ3v) is 2.99. The van der Waals surface area contributed by atoms with Crippen LogP contribution in [0, 0.1) is 0 Å². The highest BCUT2D eigenvalue weighted by atomic mass is 35.5. The average Bonchev–Trinajstić information content (AvgIpc) is 2.26. The maximum Gasteiger partial charge on any atom is 0.0516 e. The first-order chi connectivity index (χ1) is 6.76. The Hall–Kier alpha value is -0.310. The summed E-state index contributed by atoms with van der Waals surface area (Å²) in [5, 5.41) is 3.77. The van der Waals surface area contributed by atoms with Gasteiger partial charge in [-0.15, -0.1) is 11.8 Å². The number of nitrogens with one attached hydrogen (secondary N) is 1. The smallest absolute Gasteiger partial charge is 0.0516 e. The molecule has 0 fully saturated rings. The van der Waals surface area contributed by atoms with Crippen molar-refractivity contribution in [3.05, 3.63) is 34.8 Å². The van der Waals surface area contributed by atoms with Gasteiger partial charge in [0.2, 0.25) is 0 Å². The minimum atomic E-state index is 0.558. The van der Waals surface area contributed by atoms with Gasteiger partial charge in [0, 0.05) is 21.2 Å². The largest absolute Gasteiger partial charge is 0.380 e. The Bertz CT molecular complexity index is 326. The van der Waals surface area contributed by atoms with E-state index in [0.29, 0.717) is 11.6 Å². The molecule has 76 valence electrons. The lowest BCUT2D eigenvalue weighted by atomic mass is 10.3. The molecule has 0 atom stereocenters. The fourth-order valence-electron chi connectivity index (χ4n) is 0.958. The molecule has 1 N–H and O–H groups in total. The van der Waals surface area contributed by atoms with Crippen molar-refractivity contribution < 1.29 is 0 Å². The van der Waals surface area contributed by atoms with Crippen LogP contribution in [0.15, 0.2) is 39.7 Å². The molecule has 14 heavy (non-hydrogen) atoms. The van der Waals surface area contributed by atoms with Crippen LogP contribution in [0.4, 0.5) is 5.69 Å². The molecule has 1 aromatic carbocycles. The molecule has 0 aliphatic rings. The zero-order chi connectivity index (χ0) is 10.4. The third-order valence-electron chi connectivity index (χ3n) is 1.65. The Morgan fingerprint density at radius 1 is 1.57 bits per heavy atom. The Morgan fingerprint density at radius 2 is 2.36 bits per heavy atom. The molecule has 0 aromatic heterocycles. The quantitative estimate of drug-likeness (QED) is 0.803. The van der Waals surface area contributed by atoms with Gasteiger partial charge in [-0.25, -0.2) is 0 Å². The van der Waals surface area contributed by atoms with Gasteiger partial charge < -0.3 is 5.32 Å². The van der Waals surface area contributed by atoms with Crippen LogP contribution in [-0.4, -0.2) is 12.8 Å². The summed E-state index contributed by atoms with van der Waals surface area (Å²) in [6, 6.07) is 8.14. The topological polar surface area (TPSA) is 12.0 Å². The predicted molar refractivity (Wildman–Crippen MR) is 66.5 cm³/mol. The molecule has 4 heteroatoms. The van der Waals surface area contributed by atoms with Crippen molar-refractivity contribution in [2.24, 2.45) is 0 Å². The highest BCUT2D eigenvalue weighted by Crippen LogP contribution is 2.19. The van der Waals surface area contributed by atoms with Crippen molar-refractivity contribution in [3.63, 3.8) is 0 Å². The molecule has 0 amide bonds. The van der Waals surface area contributed by atoms with Crippen LogP contribution in [0.5, 0.6) is 0 Å². The number of hydrogen-bond acceptors (Lipinski definition) is 2. The lowest BCUT2D eigenvalue weighted by Gasteiger charge is -2.06. The average molecular weight is 248 g/mol. The van der Waals surface area contributed by atoms with Crippen LogP contribution in [0.3, 0.4) is 0 Å². The van der Waals surface area contributed by atoms with E-state index in [0.717, 1.165) is 5.69 Å². The van der Waals surface area contributed by atoms with E-state index in [4.69, 9.17) is 23.2 Å². The van der Waals surface area contributed by atoms with Gasteiger partial charge in [-0.05, 0) is 24.5 Å². The lowest BCUT2D eigenvalue weighted by molar-refractivity contribution is 1.29. The molecule has 0 saturated heterocycles. The fraction of sp³-hybridized carbons (Fsp3) is 0.200. The van der Waals surface area contributed by atoms with Gasteiger partial charge in [-0.3, -0.25) is 0 Å².